The van der Waals surface area contributed by atoms with E-state index in [1.807, 2.05) is 18.2 Å². The molecule has 2 amide bonds. The molecule has 3 aromatic carbocycles. The number of methoxy groups -OCH3 is 1. The molecule has 1 fully saturated rings. The van der Waals surface area contributed by atoms with Crippen LogP contribution in [0.4, 0.5) is 10.1 Å². The number of fused-ring (bicyclic) bond motifs is 1. The molecule has 1 N–H and O–H groups in total. The summed E-state index contributed by atoms with van der Waals surface area (Å²) in [5.74, 6) is 0.0229. The van der Waals surface area contributed by atoms with E-state index >= 15 is 0 Å². The molecule has 35 heavy (non-hydrogen) atoms. The summed E-state index contributed by atoms with van der Waals surface area (Å²) in [6, 6.07) is 17.8. The number of aliphatic imine (C=N–C) groups is 1. The summed E-state index contributed by atoms with van der Waals surface area (Å²) >= 11 is 7.42. The lowest BCUT2D eigenvalue weighted by Gasteiger charge is -2.29. The number of amidine groups is 1. The lowest BCUT2D eigenvalue weighted by atomic mass is 10.0. The molecule has 0 aromatic heterocycles. The van der Waals surface area contributed by atoms with Gasteiger partial charge in [-0.15, -0.1) is 0 Å². The third-order valence-electron chi connectivity index (χ3n) is 5.67. The van der Waals surface area contributed by atoms with E-state index in [0.29, 0.717) is 38.6 Å². The van der Waals surface area contributed by atoms with Crippen LogP contribution in [0.5, 0.6) is 5.75 Å². The van der Waals surface area contributed by atoms with Crippen molar-refractivity contribution in [2.75, 3.05) is 18.2 Å². The number of nitrogens with zero attached hydrogens (tertiary/aromatic N) is 2. The van der Waals surface area contributed by atoms with Crippen LogP contribution in [0.1, 0.15) is 27.5 Å². The van der Waals surface area contributed by atoms with Gasteiger partial charge in [-0.1, -0.05) is 47.6 Å². The van der Waals surface area contributed by atoms with Crippen molar-refractivity contribution < 1.29 is 18.7 Å². The molecule has 0 radical (unpaired) electrons. The highest BCUT2D eigenvalue weighted by Gasteiger charge is 2.37. The van der Waals surface area contributed by atoms with Gasteiger partial charge in [0.15, 0.2) is 5.17 Å². The second-order valence-corrected chi connectivity index (χ2v) is 9.25. The Kier molecular flexibility index (Phi) is 6.32. The minimum Gasteiger partial charge on any atom is -0.496 e. The van der Waals surface area contributed by atoms with Crippen LogP contribution in [0, 0.1) is 5.82 Å². The van der Waals surface area contributed by atoms with Crippen LogP contribution in [0.25, 0.3) is 5.70 Å². The van der Waals surface area contributed by atoms with Gasteiger partial charge in [0.25, 0.3) is 5.91 Å². The van der Waals surface area contributed by atoms with E-state index in [1.165, 1.54) is 31.0 Å². The largest absolute Gasteiger partial charge is 0.496 e. The summed E-state index contributed by atoms with van der Waals surface area (Å²) in [4.78, 5) is 31.6. The average molecular weight is 508 g/mol. The van der Waals surface area contributed by atoms with Crippen molar-refractivity contribution in [3.8, 4) is 5.75 Å². The number of carbonyl (C=O) groups excluding carboxylic acids is 2. The number of rotatable bonds is 5. The van der Waals surface area contributed by atoms with Crippen LogP contribution >= 0.6 is 23.4 Å². The van der Waals surface area contributed by atoms with Gasteiger partial charge in [0.05, 0.1) is 30.2 Å². The lowest BCUT2D eigenvalue weighted by molar-refractivity contribution is -0.125. The number of halogens is 2. The highest BCUT2D eigenvalue weighted by Crippen LogP contribution is 2.38. The molecular formula is C26H19ClFN3O3S. The predicted molar refractivity (Wildman–Crippen MR) is 136 cm³/mol. The topological polar surface area (TPSA) is 71.0 Å². The molecule has 2 heterocycles. The standard InChI is InChI=1S/C26H19ClFN3O3S/c1-34-23-11-6-17(27)12-20(23)25(33)29-19-9-4-15(5-10-19)21-13-22(16-2-7-18(28)8-3-16)31-24(32)14-35-26(31)30-21/h2-13,22H,14H2,1H3,(H,29,33). The van der Waals surface area contributed by atoms with Crippen LogP contribution in [0.2, 0.25) is 5.02 Å². The summed E-state index contributed by atoms with van der Waals surface area (Å²) in [5.41, 5.74) is 3.24. The number of ether oxygens (including phenoxy) is 1. The van der Waals surface area contributed by atoms with Crippen molar-refractivity contribution in [3.63, 3.8) is 0 Å². The number of amides is 2. The molecule has 3 aromatic rings. The maximum absolute atomic E-state index is 13.5. The Bertz CT molecular complexity index is 1370. The second kappa shape index (κ2) is 9.56. The normalized spacial score (nSPS) is 16.9. The zero-order chi connectivity index (χ0) is 24.5. The first-order chi connectivity index (χ1) is 16.9. The first-order valence-corrected chi connectivity index (χ1v) is 12.1. The maximum Gasteiger partial charge on any atom is 0.259 e. The van der Waals surface area contributed by atoms with Crippen LogP contribution in [-0.4, -0.2) is 34.7 Å². The predicted octanol–water partition coefficient (Wildman–Crippen LogP) is 5.77. The summed E-state index contributed by atoms with van der Waals surface area (Å²) in [5, 5.41) is 3.90. The highest BCUT2D eigenvalue weighted by atomic mass is 35.5. The Morgan fingerprint density at radius 3 is 2.60 bits per heavy atom. The Morgan fingerprint density at radius 1 is 1.14 bits per heavy atom. The van der Waals surface area contributed by atoms with E-state index < -0.39 is 0 Å². The molecule has 176 valence electrons. The van der Waals surface area contributed by atoms with Crippen molar-refractivity contribution in [2.24, 2.45) is 4.99 Å². The lowest BCUT2D eigenvalue weighted by Crippen LogP contribution is -2.34. The average Bonchev–Trinajstić information content (AvgIpc) is 3.25. The maximum atomic E-state index is 13.5. The van der Waals surface area contributed by atoms with Gasteiger partial charge in [-0.05, 0) is 54.1 Å². The zero-order valence-corrected chi connectivity index (χ0v) is 20.1. The second-order valence-electron chi connectivity index (χ2n) is 7.87. The van der Waals surface area contributed by atoms with Crippen molar-refractivity contribution in [2.45, 2.75) is 6.04 Å². The molecule has 0 saturated carbocycles. The van der Waals surface area contributed by atoms with Gasteiger partial charge in [0.1, 0.15) is 11.6 Å². The van der Waals surface area contributed by atoms with Gasteiger partial charge >= 0.3 is 0 Å². The summed E-state index contributed by atoms with van der Waals surface area (Å²) in [6.07, 6.45) is 1.89. The summed E-state index contributed by atoms with van der Waals surface area (Å²) < 4.78 is 18.7. The summed E-state index contributed by atoms with van der Waals surface area (Å²) in [7, 11) is 1.49. The van der Waals surface area contributed by atoms with Crippen molar-refractivity contribution >= 4 is 51.7 Å². The minimum atomic E-state index is -0.379. The van der Waals surface area contributed by atoms with Crippen LogP contribution < -0.4 is 10.1 Å². The van der Waals surface area contributed by atoms with Crippen molar-refractivity contribution in [1.82, 2.24) is 4.90 Å². The van der Waals surface area contributed by atoms with E-state index in [0.717, 1.165) is 11.1 Å². The molecule has 1 unspecified atom stereocenters. The van der Waals surface area contributed by atoms with Gasteiger partial charge in [-0.3, -0.25) is 14.5 Å². The number of nitrogens with one attached hydrogen (secondary N) is 1. The number of carbonyl (C=O) groups is 2. The summed E-state index contributed by atoms with van der Waals surface area (Å²) in [6.45, 7) is 0. The molecule has 1 atom stereocenters. The number of hydrogen-bond acceptors (Lipinski definition) is 5. The zero-order valence-electron chi connectivity index (χ0n) is 18.5. The third kappa shape index (κ3) is 4.67. The molecule has 0 aliphatic carbocycles. The first-order valence-electron chi connectivity index (χ1n) is 10.7. The first kappa shape index (κ1) is 23.1. The molecule has 2 aliphatic rings. The fourth-order valence-corrected chi connectivity index (χ4v) is 5.02. The van der Waals surface area contributed by atoms with E-state index in [4.69, 9.17) is 16.3 Å². The van der Waals surface area contributed by atoms with E-state index in [1.54, 1.807) is 47.4 Å². The smallest absolute Gasteiger partial charge is 0.259 e. The molecule has 0 bridgehead atoms. The Balaban J connectivity index is 1.41. The van der Waals surface area contributed by atoms with E-state index in [2.05, 4.69) is 10.3 Å². The molecule has 6 nitrogen and oxygen atoms in total. The number of hydrogen-bond donors (Lipinski definition) is 1. The molecule has 1 saturated heterocycles. The molecule has 5 rings (SSSR count). The van der Waals surface area contributed by atoms with Gasteiger partial charge in [-0.25, -0.2) is 9.38 Å². The molecular weight excluding hydrogens is 489 g/mol. The molecule has 2 aliphatic heterocycles. The molecule has 9 heteroatoms. The van der Waals surface area contributed by atoms with E-state index in [9.17, 15) is 14.0 Å². The van der Waals surface area contributed by atoms with Gasteiger partial charge in [0.2, 0.25) is 5.91 Å². The molecule has 0 spiro atoms. The highest BCUT2D eigenvalue weighted by molar-refractivity contribution is 8.15. The number of benzene rings is 3. The van der Waals surface area contributed by atoms with Gasteiger partial charge in [-0.2, -0.15) is 0 Å². The SMILES string of the molecule is COc1ccc(Cl)cc1C(=O)Nc1ccc(C2=CC(c3ccc(F)cc3)N3C(=O)CSC3=N2)cc1. The number of anilines is 1. The van der Waals surface area contributed by atoms with Crippen molar-refractivity contribution in [1.29, 1.82) is 0 Å². The van der Waals surface area contributed by atoms with Gasteiger partial charge in [0, 0.05) is 16.3 Å². The third-order valence-corrected chi connectivity index (χ3v) is 6.84. The van der Waals surface area contributed by atoms with Crippen LogP contribution in [-0.2, 0) is 4.79 Å². The minimum absolute atomic E-state index is 0.0344. The van der Waals surface area contributed by atoms with Crippen LogP contribution in [0.3, 0.4) is 0 Å². The monoisotopic (exact) mass is 507 g/mol. The fraction of sp³-hybridized carbons (Fsp3) is 0.115. The van der Waals surface area contributed by atoms with Gasteiger partial charge < -0.3 is 10.1 Å². The Labute approximate surface area is 210 Å². The Morgan fingerprint density at radius 2 is 1.89 bits per heavy atom. The number of thioether (sulfide) groups is 1. The fourth-order valence-electron chi connectivity index (χ4n) is 3.94. The van der Waals surface area contributed by atoms with Crippen molar-refractivity contribution in [3.05, 3.63) is 100 Å². The quantitative estimate of drug-likeness (QED) is 0.476. The van der Waals surface area contributed by atoms with Crippen LogP contribution in [0.15, 0.2) is 77.8 Å². The Hall–Kier alpha value is -3.62. The van der Waals surface area contributed by atoms with E-state index in [-0.39, 0.29) is 23.7 Å².